The largest absolute Gasteiger partial charge is 0.226 e. The number of halogens is 1. The van der Waals surface area contributed by atoms with E-state index in [1.165, 1.54) is 37.9 Å². The van der Waals surface area contributed by atoms with Crippen LogP contribution in [0.25, 0.3) is 77.3 Å². The molecule has 0 saturated heterocycles. The number of aromatic nitrogens is 3. The molecule has 1 heterocycles. The molecule has 0 N–H and O–H groups in total. The van der Waals surface area contributed by atoms with Crippen LogP contribution < -0.4 is 0 Å². The molecule has 0 fully saturated rings. The van der Waals surface area contributed by atoms with Gasteiger partial charge in [-0.2, -0.15) is 9.97 Å². The minimum absolute atomic E-state index is 0.174. The van der Waals surface area contributed by atoms with Crippen molar-refractivity contribution in [2.45, 2.75) is 0 Å². The zero-order valence-corrected chi connectivity index (χ0v) is 23.8. The summed E-state index contributed by atoms with van der Waals surface area (Å²) in [5.74, 6) is 1.10. The SMILES string of the molecule is Clc1nc(-c2ccccc2)nc(-c2cccc(-c3cccc(-c4ccc5c6ccccc6c6ccccc6c5c4)c3)c2)n1. The lowest BCUT2D eigenvalue weighted by atomic mass is 9.91. The average molecular weight is 570 g/mol. The lowest BCUT2D eigenvalue weighted by Crippen LogP contribution is -1.97. The molecule has 8 rings (SSSR count). The van der Waals surface area contributed by atoms with E-state index in [2.05, 4.69) is 113 Å². The molecule has 43 heavy (non-hydrogen) atoms. The summed E-state index contributed by atoms with van der Waals surface area (Å²) in [7, 11) is 0. The zero-order chi connectivity index (χ0) is 28.8. The number of hydrogen-bond acceptors (Lipinski definition) is 3. The fourth-order valence-electron chi connectivity index (χ4n) is 6.00. The molecular formula is C39H24ClN3. The van der Waals surface area contributed by atoms with Crippen LogP contribution >= 0.6 is 11.6 Å². The molecule has 8 aromatic rings. The van der Waals surface area contributed by atoms with E-state index in [1.807, 2.05) is 42.5 Å². The van der Waals surface area contributed by atoms with Gasteiger partial charge >= 0.3 is 0 Å². The van der Waals surface area contributed by atoms with Gasteiger partial charge in [0.1, 0.15) is 0 Å². The molecule has 0 aliphatic carbocycles. The van der Waals surface area contributed by atoms with Gasteiger partial charge in [-0.3, -0.25) is 0 Å². The van der Waals surface area contributed by atoms with Crippen LogP contribution in [0.1, 0.15) is 0 Å². The Balaban J connectivity index is 1.21. The van der Waals surface area contributed by atoms with Crippen molar-refractivity contribution in [2.24, 2.45) is 0 Å². The Morgan fingerprint density at radius 2 is 0.721 bits per heavy atom. The fourth-order valence-corrected chi connectivity index (χ4v) is 6.16. The van der Waals surface area contributed by atoms with Crippen molar-refractivity contribution < 1.29 is 0 Å². The predicted octanol–water partition coefficient (Wildman–Crippen LogP) is 10.7. The Morgan fingerprint density at radius 3 is 1.33 bits per heavy atom. The maximum absolute atomic E-state index is 6.34. The van der Waals surface area contributed by atoms with Crippen LogP contribution in [0.3, 0.4) is 0 Å². The summed E-state index contributed by atoms with van der Waals surface area (Å²) in [6.45, 7) is 0. The van der Waals surface area contributed by atoms with E-state index in [1.54, 1.807) is 0 Å². The summed E-state index contributed by atoms with van der Waals surface area (Å²) < 4.78 is 0. The minimum atomic E-state index is 0.174. The van der Waals surface area contributed by atoms with Crippen molar-refractivity contribution in [3.63, 3.8) is 0 Å². The van der Waals surface area contributed by atoms with Gasteiger partial charge < -0.3 is 0 Å². The maximum atomic E-state index is 6.34. The first kappa shape index (κ1) is 25.3. The van der Waals surface area contributed by atoms with E-state index < -0.39 is 0 Å². The van der Waals surface area contributed by atoms with Crippen LogP contribution in [0.2, 0.25) is 5.28 Å². The molecular weight excluding hydrogens is 546 g/mol. The molecule has 0 radical (unpaired) electrons. The molecule has 0 atom stereocenters. The van der Waals surface area contributed by atoms with Crippen LogP contribution in [0.5, 0.6) is 0 Å². The van der Waals surface area contributed by atoms with Crippen molar-refractivity contribution >= 4 is 43.9 Å². The Hall–Kier alpha value is -5.38. The zero-order valence-electron chi connectivity index (χ0n) is 23.1. The third kappa shape index (κ3) is 4.61. The molecule has 3 nitrogen and oxygen atoms in total. The predicted molar refractivity (Wildman–Crippen MR) is 179 cm³/mol. The van der Waals surface area contributed by atoms with Crippen LogP contribution in [0, 0.1) is 0 Å². The third-order valence-electron chi connectivity index (χ3n) is 8.03. The van der Waals surface area contributed by atoms with E-state index in [-0.39, 0.29) is 5.28 Å². The number of nitrogens with zero attached hydrogens (tertiary/aromatic N) is 3. The molecule has 4 heteroatoms. The second kappa shape index (κ2) is 10.5. The number of hydrogen-bond donors (Lipinski definition) is 0. The summed E-state index contributed by atoms with van der Waals surface area (Å²) in [5, 5.41) is 7.83. The normalized spacial score (nSPS) is 11.4. The quantitative estimate of drug-likeness (QED) is 0.198. The van der Waals surface area contributed by atoms with E-state index >= 15 is 0 Å². The van der Waals surface area contributed by atoms with Crippen molar-refractivity contribution in [3.8, 4) is 45.0 Å². The van der Waals surface area contributed by atoms with Crippen LogP contribution in [0.4, 0.5) is 0 Å². The minimum Gasteiger partial charge on any atom is -0.208 e. The third-order valence-corrected chi connectivity index (χ3v) is 8.20. The molecule has 1 aromatic heterocycles. The van der Waals surface area contributed by atoms with Crippen LogP contribution in [0.15, 0.2) is 146 Å². The highest BCUT2D eigenvalue weighted by molar-refractivity contribution is 6.28. The van der Waals surface area contributed by atoms with Crippen molar-refractivity contribution in [3.05, 3.63) is 151 Å². The van der Waals surface area contributed by atoms with Gasteiger partial charge in [-0.05, 0) is 84.4 Å². The smallest absolute Gasteiger partial charge is 0.208 e. The van der Waals surface area contributed by atoms with Gasteiger partial charge in [0.25, 0.3) is 0 Å². The number of fused-ring (bicyclic) bond motifs is 6. The van der Waals surface area contributed by atoms with E-state index in [0.717, 1.165) is 27.8 Å². The standard InChI is InChI=1S/C39H24ClN3/c40-39-42-37(25-10-2-1-3-11-25)41-38(43-39)30-15-9-14-28(23-30)26-12-8-13-27(22-26)29-20-21-35-33-18-5-4-16-31(33)32-17-6-7-19-34(32)36(35)24-29/h1-24H. The molecule has 202 valence electrons. The molecule has 0 aliphatic rings. The van der Waals surface area contributed by atoms with Crippen molar-refractivity contribution in [2.75, 3.05) is 0 Å². The van der Waals surface area contributed by atoms with Gasteiger partial charge in [0, 0.05) is 11.1 Å². The first-order chi connectivity index (χ1) is 21.2. The Kier molecular flexibility index (Phi) is 6.17. The van der Waals surface area contributed by atoms with Crippen LogP contribution in [-0.4, -0.2) is 15.0 Å². The highest BCUT2D eigenvalue weighted by atomic mass is 35.5. The van der Waals surface area contributed by atoms with Gasteiger partial charge in [0.15, 0.2) is 11.6 Å². The van der Waals surface area contributed by atoms with Crippen molar-refractivity contribution in [1.82, 2.24) is 15.0 Å². The van der Waals surface area contributed by atoms with E-state index in [0.29, 0.717) is 11.6 Å². The summed E-state index contributed by atoms with van der Waals surface area (Å²) in [5.41, 5.74) is 6.32. The number of benzene rings is 7. The van der Waals surface area contributed by atoms with Gasteiger partial charge in [-0.1, -0.05) is 127 Å². The molecule has 0 saturated carbocycles. The highest BCUT2D eigenvalue weighted by Gasteiger charge is 2.12. The van der Waals surface area contributed by atoms with Crippen molar-refractivity contribution in [1.29, 1.82) is 0 Å². The summed E-state index contributed by atoms with van der Waals surface area (Å²) in [6.07, 6.45) is 0. The Bertz CT molecular complexity index is 2280. The van der Waals surface area contributed by atoms with E-state index in [4.69, 9.17) is 16.6 Å². The lowest BCUT2D eigenvalue weighted by molar-refractivity contribution is 1.07. The van der Waals surface area contributed by atoms with E-state index in [9.17, 15) is 0 Å². The highest BCUT2D eigenvalue weighted by Crippen LogP contribution is 2.38. The molecule has 7 aromatic carbocycles. The summed E-state index contributed by atoms with van der Waals surface area (Å²) in [6, 6.07) is 51.0. The molecule has 0 amide bonds. The maximum Gasteiger partial charge on any atom is 0.226 e. The number of rotatable bonds is 4. The molecule has 0 unspecified atom stereocenters. The van der Waals surface area contributed by atoms with Gasteiger partial charge in [-0.15, -0.1) is 0 Å². The summed E-state index contributed by atoms with van der Waals surface area (Å²) in [4.78, 5) is 13.5. The second-order valence-corrected chi connectivity index (χ2v) is 11.0. The van der Waals surface area contributed by atoms with Gasteiger partial charge in [0.05, 0.1) is 0 Å². The fraction of sp³-hybridized carbons (Fsp3) is 0. The second-order valence-electron chi connectivity index (χ2n) is 10.6. The van der Waals surface area contributed by atoms with Gasteiger partial charge in [-0.25, -0.2) is 4.98 Å². The molecule has 0 bridgehead atoms. The lowest BCUT2D eigenvalue weighted by Gasteiger charge is -2.13. The van der Waals surface area contributed by atoms with Gasteiger partial charge in [0.2, 0.25) is 5.28 Å². The van der Waals surface area contributed by atoms with Crippen LogP contribution in [-0.2, 0) is 0 Å². The molecule has 0 aliphatic heterocycles. The Morgan fingerprint density at radius 1 is 0.302 bits per heavy atom. The average Bonchev–Trinajstić information content (AvgIpc) is 3.08. The summed E-state index contributed by atoms with van der Waals surface area (Å²) >= 11 is 6.34. The monoisotopic (exact) mass is 569 g/mol. The first-order valence-corrected chi connectivity index (χ1v) is 14.6. The topological polar surface area (TPSA) is 38.7 Å². The molecule has 0 spiro atoms. The Labute approximate surface area is 254 Å². The first-order valence-electron chi connectivity index (χ1n) is 14.2.